The molecule has 1 heterocycles. The summed E-state index contributed by atoms with van der Waals surface area (Å²) in [7, 11) is 1.57. The zero-order chi connectivity index (χ0) is 22.2. The van der Waals surface area contributed by atoms with Gasteiger partial charge in [-0.25, -0.2) is 0 Å². The van der Waals surface area contributed by atoms with E-state index in [2.05, 4.69) is 17.1 Å². The molecule has 31 heavy (non-hydrogen) atoms. The van der Waals surface area contributed by atoms with Crippen molar-refractivity contribution in [3.05, 3.63) is 59.7 Å². The summed E-state index contributed by atoms with van der Waals surface area (Å²) in [6, 6.07) is 14.7. The topological polar surface area (TPSA) is 92.6 Å². The average molecular weight is 440 g/mol. The monoisotopic (exact) mass is 439 g/mol. The number of methoxy groups -OCH3 is 1. The molecule has 0 aliphatic rings. The van der Waals surface area contributed by atoms with E-state index in [4.69, 9.17) is 9.84 Å². The van der Waals surface area contributed by atoms with E-state index in [1.165, 1.54) is 11.3 Å². The van der Waals surface area contributed by atoms with E-state index < -0.39 is 5.97 Å². The van der Waals surface area contributed by atoms with Crippen LogP contribution in [0, 0.1) is 0 Å². The summed E-state index contributed by atoms with van der Waals surface area (Å²) in [5, 5.41) is 18.6. The number of nitrogens with zero attached hydrogens (tertiary/aromatic N) is 3. The van der Waals surface area contributed by atoms with Gasteiger partial charge in [-0.3, -0.25) is 14.5 Å². The number of carbonyl (C=O) groups is 2. The van der Waals surface area contributed by atoms with Crippen molar-refractivity contribution >= 4 is 28.3 Å². The van der Waals surface area contributed by atoms with Crippen molar-refractivity contribution in [3.8, 4) is 16.3 Å². The molecule has 0 aliphatic carbocycles. The van der Waals surface area contributed by atoms with Crippen molar-refractivity contribution in [1.82, 2.24) is 10.2 Å². The Labute approximate surface area is 185 Å². The fourth-order valence-electron chi connectivity index (χ4n) is 3.02. The lowest BCUT2D eigenvalue weighted by Crippen LogP contribution is -2.31. The SMILES string of the molecule is CCCCN(C(=O)c1cccc(OC)c1)c1nnc(-c2ccc(CCC(=O)O)cc2)s1. The first-order valence-electron chi connectivity index (χ1n) is 10.1. The second-order valence-corrected chi connectivity index (χ2v) is 7.98. The lowest BCUT2D eigenvalue weighted by molar-refractivity contribution is -0.136. The van der Waals surface area contributed by atoms with Gasteiger partial charge in [-0.2, -0.15) is 0 Å². The van der Waals surface area contributed by atoms with Crippen LogP contribution in [0.2, 0.25) is 0 Å². The zero-order valence-electron chi connectivity index (χ0n) is 17.6. The highest BCUT2D eigenvalue weighted by Gasteiger charge is 2.22. The standard InChI is InChI=1S/C23H25N3O4S/c1-3-4-14-26(22(29)18-6-5-7-19(15-18)30-2)23-25-24-21(31-23)17-11-8-16(9-12-17)10-13-20(27)28/h5-9,11-12,15H,3-4,10,13-14H2,1-2H3,(H,27,28). The van der Waals surface area contributed by atoms with Gasteiger partial charge in [0.2, 0.25) is 5.13 Å². The maximum Gasteiger partial charge on any atom is 0.303 e. The predicted molar refractivity (Wildman–Crippen MR) is 121 cm³/mol. The molecule has 1 amide bonds. The van der Waals surface area contributed by atoms with Crippen LogP contribution < -0.4 is 9.64 Å². The molecule has 8 heteroatoms. The first-order chi connectivity index (χ1) is 15.0. The number of hydrogen-bond donors (Lipinski definition) is 1. The fraction of sp³-hybridized carbons (Fsp3) is 0.304. The molecule has 0 saturated carbocycles. The summed E-state index contributed by atoms with van der Waals surface area (Å²) < 4.78 is 5.24. The van der Waals surface area contributed by atoms with Gasteiger partial charge in [0.25, 0.3) is 5.91 Å². The summed E-state index contributed by atoms with van der Waals surface area (Å²) in [4.78, 5) is 25.6. The van der Waals surface area contributed by atoms with Gasteiger partial charge in [-0.05, 0) is 36.6 Å². The van der Waals surface area contributed by atoms with E-state index in [-0.39, 0.29) is 12.3 Å². The van der Waals surface area contributed by atoms with Crippen LogP contribution in [0.25, 0.3) is 10.6 Å². The van der Waals surface area contributed by atoms with Crippen LogP contribution in [0.4, 0.5) is 5.13 Å². The molecule has 162 valence electrons. The largest absolute Gasteiger partial charge is 0.497 e. The highest BCUT2D eigenvalue weighted by atomic mass is 32.1. The number of benzene rings is 2. The molecule has 0 saturated heterocycles. The lowest BCUT2D eigenvalue weighted by atomic mass is 10.1. The van der Waals surface area contributed by atoms with E-state index in [1.54, 1.807) is 36.3 Å². The molecule has 0 bridgehead atoms. The molecule has 0 radical (unpaired) electrons. The van der Waals surface area contributed by atoms with Gasteiger partial charge in [0, 0.05) is 24.1 Å². The van der Waals surface area contributed by atoms with Gasteiger partial charge in [-0.1, -0.05) is 55.0 Å². The average Bonchev–Trinajstić information content (AvgIpc) is 3.28. The van der Waals surface area contributed by atoms with E-state index in [9.17, 15) is 9.59 Å². The van der Waals surface area contributed by atoms with E-state index in [0.717, 1.165) is 24.0 Å². The minimum Gasteiger partial charge on any atom is -0.497 e. The van der Waals surface area contributed by atoms with E-state index in [1.807, 2.05) is 24.3 Å². The third-order valence-corrected chi connectivity index (χ3v) is 5.77. The van der Waals surface area contributed by atoms with Crippen LogP contribution in [0.5, 0.6) is 5.75 Å². The Kier molecular flexibility index (Phi) is 7.72. The molecular weight excluding hydrogens is 414 g/mol. The Balaban J connectivity index is 1.81. The first kappa shape index (κ1) is 22.4. The number of carbonyl (C=O) groups excluding carboxylic acids is 1. The van der Waals surface area contributed by atoms with Crippen molar-refractivity contribution < 1.29 is 19.4 Å². The molecule has 1 N–H and O–H groups in total. The molecular formula is C23H25N3O4S. The molecule has 3 rings (SSSR count). The molecule has 0 fully saturated rings. The number of carboxylic acids is 1. The maximum absolute atomic E-state index is 13.2. The number of rotatable bonds is 10. The number of unbranched alkanes of at least 4 members (excludes halogenated alkanes) is 1. The van der Waals surface area contributed by atoms with Crippen molar-refractivity contribution in [3.63, 3.8) is 0 Å². The normalized spacial score (nSPS) is 10.6. The number of aromatic nitrogens is 2. The zero-order valence-corrected chi connectivity index (χ0v) is 18.4. The van der Waals surface area contributed by atoms with Crippen molar-refractivity contribution in [2.24, 2.45) is 0 Å². The highest BCUT2D eigenvalue weighted by molar-refractivity contribution is 7.18. The summed E-state index contributed by atoms with van der Waals surface area (Å²) in [5.74, 6) is -0.327. The minimum atomic E-state index is -0.814. The van der Waals surface area contributed by atoms with Gasteiger partial charge in [0.05, 0.1) is 7.11 Å². The predicted octanol–water partition coefficient (Wildman–Crippen LogP) is 4.68. The number of amides is 1. The Morgan fingerprint density at radius 2 is 1.90 bits per heavy atom. The van der Waals surface area contributed by atoms with Crippen LogP contribution in [0.3, 0.4) is 0 Å². The smallest absolute Gasteiger partial charge is 0.303 e. The van der Waals surface area contributed by atoms with Crippen molar-refractivity contribution in [2.75, 3.05) is 18.6 Å². The van der Waals surface area contributed by atoms with Gasteiger partial charge < -0.3 is 9.84 Å². The molecule has 0 aliphatic heterocycles. The molecule has 7 nitrogen and oxygen atoms in total. The Morgan fingerprint density at radius 3 is 2.58 bits per heavy atom. The van der Waals surface area contributed by atoms with Crippen LogP contribution in [-0.2, 0) is 11.2 Å². The number of aryl methyl sites for hydroxylation is 1. The molecule has 0 spiro atoms. The molecule has 1 aromatic heterocycles. The van der Waals surface area contributed by atoms with Gasteiger partial charge in [0.15, 0.2) is 0 Å². The Hall–Kier alpha value is -3.26. The Morgan fingerprint density at radius 1 is 1.13 bits per heavy atom. The first-order valence-corrected chi connectivity index (χ1v) is 10.9. The van der Waals surface area contributed by atoms with E-state index in [0.29, 0.717) is 34.4 Å². The van der Waals surface area contributed by atoms with Crippen molar-refractivity contribution in [2.45, 2.75) is 32.6 Å². The third-order valence-electron chi connectivity index (χ3n) is 4.77. The number of hydrogen-bond acceptors (Lipinski definition) is 6. The van der Waals surface area contributed by atoms with Gasteiger partial charge in [-0.15, -0.1) is 10.2 Å². The van der Waals surface area contributed by atoms with Gasteiger partial charge in [0.1, 0.15) is 10.8 Å². The van der Waals surface area contributed by atoms with Crippen LogP contribution in [-0.4, -0.2) is 40.8 Å². The van der Waals surface area contributed by atoms with Crippen molar-refractivity contribution in [1.29, 1.82) is 0 Å². The van der Waals surface area contributed by atoms with Crippen LogP contribution in [0.1, 0.15) is 42.1 Å². The number of ether oxygens (including phenoxy) is 1. The Bertz CT molecular complexity index is 1030. The second-order valence-electron chi connectivity index (χ2n) is 7.02. The molecule has 3 aromatic rings. The molecule has 0 unspecified atom stereocenters. The summed E-state index contributed by atoms with van der Waals surface area (Å²) >= 11 is 1.36. The van der Waals surface area contributed by atoms with Crippen LogP contribution >= 0.6 is 11.3 Å². The number of anilines is 1. The summed E-state index contributed by atoms with van der Waals surface area (Å²) in [6.45, 7) is 2.63. The van der Waals surface area contributed by atoms with Gasteiger partial charge >= 0.3 is 5.97 Å². The summed E-state index contributed by atoms with van der Waals surface area (Å²) in [5.41, 5.74) is 2.37. The maximum atomic E-state index is 13.2. The highest BCUT2D eigenvalue weighted by Crippen LogP contribution is 2.30. The van der Waals surface area contributed by atoms with Crippen LogP contribution in [0.15, 0.2) is 48.5 Å². The minimum absolute atomic E-state index is 0.0983. The quantitative estimate of drug-likeness (QED) is 0.493. The van der Waals surface area contributed by atoms with E-state index >= 15 is 0 Å². The third kappa shape index (κ3) is 5.88. The lowest BCUT2D eigenvalue weighted by Gasteiger charge is -2.19. The number of carboxylic acid groups (broad SMARTS) is 1. The fourth-order valence-corrected chi connectivity index (χ4v) is 3.89. The molecule has 0 atom stereocenters. The number of aliphatic carboxylic acids is 1. The molecule has 2 aromatic carbocycles. The second kappa shape index (κ2) is 10.7. The summed E-state index contributed by atoms with van der Waals surface area (Å²) in [6.07, 6.45) is 2.38.